The number of aromatic nitrogens is 2. The van der Waals surface area contributed by atoms with E-state index in [1.807, 2.05) is 48.7 Å². The fourth-order valence-corrected chi connectivity index (χ4v) is 6.94. The predicted molar refractivity (Wildman–Crippen MR) is 202 cm³/mol. The van der Waals surface area contributed by atoms with Gasteiger partial charge in [-0.1, -0.05) is 120 Å². The molecule has 10 rings (SSSR count). The Bertz CT molecular complexity index is 2740. The fourth-order valence-electron chi connectivity index (χ4n) is 6.94. The minimum Gasteiger partial charge on any atom is -0.305 e. The Kier molecular flexibility index (Phi) is 8.15. The molecule has 3 heteroatoms. The van der Waals surface area contributed by atoms with Gasteiger partial charge in [-0.05, 0) is 77.4 Å². The van der Waals surface area contributed by atoms with Gasteiger partial charge in [0.2, 0.25) is 0 Å². The fraction of sp³-hybridized carbons (Fsp3) is 0. The largest absolute Gasteiger partial charge is 0.305 e. The molecule has 0 aliphatic carbocycles. The summed E-state index contributed by atoms with van der Waals surface area (Å²) in [6.45, 7) is 0. The molecule has 10 aromatic rings. The van der Waals surface area contributed by atoms with Crippen molar-refractivity contribution >= 4 is 64.6 Å². The molecule has 1 radical (unpaired) electrons. The van der Waals surface area contributed by atoms with Crippen molar-refractivity contribution < 1.29 is 20.1 Å². The van der Waals surface area contributed by atoms with E-state index >= 15 is 0 Å². The van der Waals surface area contributed by atoms with Gasteiger partial charge in [-0.15, -0.1) is 59.7 Å². The Morgan fingerprint density at radius 2 is 0.959 bits per heavy atom. The first-order valence-electron chi connectivity index (χ1n) is 16.2. The number of hydrogen-bond donors (Lipinski definition) is 0. The first-order valence-corrected chi connectivity index (χ1v) is 16.2. The van der Waals surface area contributed by atoms with Gasteiger partial charge in [0.05, 0.1) is 0 Å². The third-order valence-electron chi connectivity index (χ3n) is 9.25. The number of hydrogen-bond acceptors (Lipinski definition) is 2. The van der Waals surface area contributed by atoms with Crippen LogP contribution < -0.4 is 0 Å². The molecule has 0 saturated carbocycles. The van der Waals surface area contributed by atoms with Crippen molar-refractivity contribution in [2.75, 3.05) is 0 Å². The molecule has 0 N–H and O–H groups in total. The molecule has 0 aliphatic rings. The van der Waals surface area contributed by atoms with Gasteiger partial charge in [0.1, 0.15) is 0 Å². The average Bonchev–Trinajstić information content (AvgIpc) is 3.18. The summed E-state index contributed by atoms with van der Waals surface area (Å²) in [6, 6.07) is 61.9. The molecular weight excluding hydrogens is 773 g/mol. The van der Waals surface area contributed by atoms with Crippen LogP contribution in [-0.4, -0.2) is 9.97 Å². The van der Waals surface area contributed by atoms with Crippen LogP contribution >= 0.6 is 0 Å². The Balaban J connectivity index is 0.000000228. The minimum atomic E-state index is 0. The maximum atomic E-state index is 4.85. The second-order valence-corrected chi connectivity index (χ2v) is 12.0. The van der Waals surface area contributed by atoms with Crippen LogP contribution in [0.5, 0.6) is 0 Å². The van der Waals surface area contributed by atoms with Gasteiger partial charge in [0.25, 0.3) is 0 Å². The molecule has 2 aromatic heterocycles. The number of rotatable bonds is 2. The van der Waals surface area contributed by atoms with Crippen LogP contribution in [0.3, 0.4) is 0 Å². The topological polar surface area (TPSA) is 25.8 Å². The molecule has 0 spiro atoms. The van der Waals surface area contributed by atoms with Crippen molar-refractivity contribution in [3.05, 3.63) is 182 Å². The van der Waals surface area contributed by atoms with Crippen molar-refractivity contribution in [3.63, 3.8) is 0 Å². The SMILES string of the molecule is [Ir].[c-]1cc2ccc3c4ccccc4ccc3c2cc1-c1nccc2c1ccc1c3ccccc3ccc21.[c-]1ccccc1-c1ccccn1. The molecule has 2 heterocycles. The Labute approximate surface area is 298 Å². The van der Waals surface area contributed by atoms with Crippen LogP contribution in [0.25, 0.3) is 87.1 Å². The monoisotopic (exact) mass is 801 g/mol. The van der Waals surface area contributed by atoms with Gasteiger partial charge in [-0.25, -0.2) is 0 Å². The van der Waals surface area contributed by atoms with Crippen molar-refractivity contribution in [2.45, 2.75) is 0 Å². The van der Waals surface area contributed by atoms with Crippen molar-refractivity contribution in [2.24, 2.45) is 0 Å². The average molecular weight is 801 g/mol. The minimum absolute atomic E-state index is 0. The predicted octanol–water partition coefficient (Wildman–Crippen LogP) is 12.0. The van der Waals surface area contributed by atoms with E-state index < -0.39 is 0 Å². The number of fused-ring (bicyclic) bond motifs is 10. The maximum Gasteiger partial charge on any atom is 0.0167 e. The van der Waals surface area contributed by atoms with Crippen LogP contribution in [0.2, 0.25) is 0 Å². The zero-order chi connectivity index (χ0) is 31.9. The molecule has 0 fully saturated rings. The Morgan fingerprint density at radius 1 is 0.367 bits per heavy atom. The second-order valence-electron chi connectivity index (χ2n) is 12.0. The summed E-state index contributed by atoms with van der Waals surface area (Å²) in [5, 5.41) is 15.0. The van der Waals surface area contributed by atoms with Crippen LogP contribution in [0, 0.1) is 12.1 Å². The first-order chi connectivity index (χ1) is 23.8. The van der Waals surface area contributed by atoms with Crippen LogP contribution in [0.1, 0.15) is 0 Å². The summed E-state index contributed by atoms with van der Waals surface area (Å²) in [6.07, 6.45) is 3.72. The van der Waals surface area contributed by atoms with E-state index in [-0.39, 0.29) is 20.1 Å². The third-order valence-corrected chi connectivity index (χ3v) is 9.25. The van der Waals surface area contributed by atoms with Crippen molar-refractivity contribution in [3.8, 4) is 22.5 Å². The van der Waals surface area contributed by atoms with Gasteiger partial charge < -0.3 is 9.97 Å². The quantitative estimate of drug-likeness (QED) is 0.129. The maximum absolute atomic E-state index is 4.85. The van der Waals surface area contributed by atoms with E-state index in [1.165, 1.54) is 59.2 Å². The molecular formula is C46H28IrN2-2. The molecule has 0 aliphatic heterocycles. The normalized spacial score (nSPS) is 11.1. The smallest absolute Gasteiger partial charge is 0.0167 e. The molecule has 49 heavy (non-hydrogen) atoms. The van der Waals surface area contributed by atoms with Gasteiger partial charge in [-0.3, -0.25) is 0 Å². The zero-order valence-corrected chi connectivity index (χ0v) is 28.8. The molecule has 0 amide bonds. The summed E-state index contributed by atoms with van der Waals surface area (Å²) < 4.78 is 0. The van der Waals surface area contributed by atoms with Crippen molar-refractivity contribution in [1.82, 2.24) is 9.97 Å². The molecule has 8 aromatic carbocycles. The molecule has 0 bridgehead atoms. The summed E-state index contributed by atoms with van der Waals surface area (Å²) in [7, 11) is 0. The zero-order valence-electron chi connectivity index (χ0n) is 26.4. The van der Waals surface area contributed by atoms with E-state index in [1.54, 1.807) is 6.20 Å². The number of nitrogens with zero attached hydrogens (tertiary/aromatic N) is 2. The summed E-state index contributed by atoms with van der Waals surface area (Å²) >= 11 is 0. The first kappa shape index (κ1) is 30.6. The van der Waals surface area contributed by atoms with Gasteiger partial charge >= 0.3 is 0 Å². The van der Waals surface area contributed by atoms with E-state index in [2.05, 4.69) is 132 Å². The van der Waals surface area contributed by atoms with Crippen molar-refractivity contribution in [1.29, 1.82) is 0 Å². The van der Waals surface area contributed by atoms with Crippen LogP contribution in [0.15, 0.2) is 170 Å². The number of pyridine rings is 2. The van der Waals surface area contributed by atoms with Crippen LogP contribution in [-0.2, 0) is 20.1 Å². The van der Waals surface area contributed by atoms with E-state index in [4.69, 9.17) is 4.98 Å². The standard InChI is InChI=1S/C35H20N.C11H8N.Ir/c1-3-7-26-23(6-1)12-16-31-28(26)14-13-24-9-10-25(21-34(24)31)35-33-18-17-29-27-8-4-2-5-22(27)11-15-30(29)32(33)19-20-36-35;1-2-6-10(7-3-1)11-8-4-5-9-12-11;/h1-9,11-21H;1-6,8-9H;/q2*-1;. The molecule has 233 valence electrons. The summed E-state index contributed by atoms with van der Waals surface area (Å²) in [5.41, 5.74) is 4.01. The second kappa shape index (κ2) is 13.1. The van der Waals surface area contributed by atoms with E-state index in [0.717, 1.165) is 27.9 Å². The van der Waals surface area contributed by atoms with Gasteiger partial charge in [0.15, 0.2) is 0 Å². The number of benzene rings is 8. The third kappa shape index (κ3) is 5.54. The summed E-state index contributed by atoms with van der Waals surface area (Å²) in [4.78, 5) is 9.07. The Morgan fingerprint density at radius 3 is 1.65 bits per heavy atom. The summed E-state index contributed by atoms with van der Waals surface area (Å²) in [5.74, 6) is 0. The van der Waals surface area contributed by atoms with E-state index in [0.29, 0.717) is 0 Å². The molecule has 0 atom stereocenters. The van der Waals surface area contributed by atoms with Gasteiger partial charge in [0, 0.05) is 32.5 Å². The molecule has 0 unspecified atom stereocenters. The van der Waals surface area contributed by atoms with Crippen LogP contribution in [0.4, 0.5) is 0 Å². The Hall–Kier alpha value is -5.73. The molecule has 2 nitrogen and oxygen atoms in total. The van der Waals surface area contributed by atoms with Gasteiger partial charge in [-0.2, -0.15) is 0 Å². The van der Waals surface area contributed by atoms with E-state index in [9.17, 15) is 0 Å². The molecule has 0 saturated heterocycles.